The Bertz CT molecular complexity index is 825. The van der Waals surface area contributed by atoms with E-state index in [9.17, 15) is 18.0 Å². The van der Waals surface area contributed by atoms with E-state index in [4.69, 9.17) is 11.6 Å². The number of allylic oxidation sites excluding steroid dienone is 4. The molecule has 1 aliphatic heterocycles. The molecule has 1 amide bonds. The van der Waals surface area contributed by atoms with Crippen molar-refractivity contribution in [1.82, 2.24) is 4.90 Å². The second-order valence-electron chi connectivity index (χ2n) is 8.94. The van der Waals surface area contributed by atoms with Crippen molar-refractivity contribution in [2.45, 2.75) is 101 Å². The van der Waals surface area contributed by atoms with Crippen LogP contribution in [0.3, 0.4) is 0 Å². The minimum absolute atomic E-state index is 0.0733. The van der Waals surface area contributed by atoms with Crippen LogP contribution in [0.2, 0.25) is 0 Å². The number of nitrogens with zero attached hydrogens (tertiary/aromatic N) is 1. The smallest absolute Gasteiger partial charge is 0.406 e. The van der Waals surface area contributed by atoms with E-state index in [1.807, 2.05) is 32.6 Å². The van der Waals surface area contributed by atoms with Gasteiger partial charge in [-0.05, 0) is 76.0 Å². The van der Waals surface area contributed by atoms with Crippen molar-refractivity contribution in [1.29, 1.82) is 0 Å². The lowest BCUT2D eigenvalue weighted by molar-refractivity contribution is -0.274. The summed E-state index contributed by atoms with van der Waals surface area (Å²) >= 11 is 5.67. The molecule has 0 saturated carbocycles. The quantitative estimate of drug-likeness (QED) is 0.245. The second kappa shape index (κ2) is 20.9. The molecular formula is C31H51ClF3NO2. The molecule has 1 saturated heterocycles. The molecule has 0 aromatic heterocycles. The van der Waals surface area contributed by atoms with Crippen LogP contribution in [0.15, 0.2) is 47.1 Å². The highest BCUT2D eigenvalue weighted by Crippen LogP contribution is 2.31. The topological polar surface area (TPSA) is 29.5 Å². The third-order valence-electron chi connectivity index (χ3n) is 6.45. The zero-order chi connectivity index (χ0) is 29.9. The molecule has 0 bridgehead atoms. The lowest BCUT2D eigenvalue weighted by atomic mass is 9.83. The van der Waals surface area contributed by atoms with Gasteiger partial charge in [0.1, 0.15) is 11.6 Å². The number of hydrogen-bond donors (Lipinski definition) is 0. The third kappa shape index (κ3) is 15.5. The van der Waals surface area contributed by atoms with Gasteiger partial charge in [0.15, 0.2) is 0 Å². The molecule has 1 fully saturated rings. The molecule has 0 N–H and O–H groups in total. The summed E-state index contributed by atoms with van der Waals surface area (Å²) in [6, 6.07) is 5.67. The fourth-order valence-corrected chi connectivity index (χ4v) is 3.94. The van der Waals surface area contributed by atoms with Gasteiger partial charge in [0, 0.05) is 13.1 Å². The summed E-state index contributed by atoms with van der Waals surface area (Å²) in [4.78, 5) is 13.6. The van der Waals surface area contributed by atoms with Gasteiger partial charge in [0.05, 0.1) is 0 Å². The van der Waals surface area contributed by atoms with E-state index in [0.717, 1.165) is 37.9 Å². The van der Waals surface area contributed by atoms with Crippen molar-refractivity contribution in [2.75, 3.05) is 19.0 Å². The molecule has 0 aliphatic carbocycles. The van der Waals surface area contributed by atoms with Crippen molar-refractivity contribution in [3.05, 3.63) is 52.6 Å². The van der Waals surface area contributed by atoms with Crippen LogP contribution in [0.4, 0.5) is 13.2 Å². The summed E-state index contributed by atoms with van der Waals surface area (Å²) < 4.78 is 38.5. The van der Waals surface area contributed by atoms with E-state index in [1.165, 1.54) is 35.3 Å². The summed E-state index contributed by atoms with van der Waals surface area (Å²) in [6.45, 7) is 22.8. The highest BCUT2D eigenvalue weighted by molar-refractivity contribution is 6.27. The van der Waals surface area contributed by atoms with Crippen LogP contribution in [0.1, 0.15) is 93.6 Å². The minimum atomic E-state index is -4.60. The monoisotopic (exact) mass is 561 g/mol. The Morgan fingerprint density at radius 2 is 1.58 bits per heavy atom. The molecule has 220 valence electrons. The number of benzene rings is 1. The number of carbonyl (C=O) groups excluding carboxylic acids is 1. The van der Waals surface area contributed by atoms with Gasteiger partial charge in [0.25, 0.3) is 0 Å². The van der Waals surface area contributed by atoms with Gasteiger partial charge >= 0.3 is 6.36 Å². The Balaban J connectivity index is 0. The zero-order valence-corrected chi connectivity index (χ0v) is 26.0. The Morgan fingerprint density at radius 1 is 1.08 bits per heavy atom. The van der Waals surface area contributed by atoms with Gasteiger partial charge < -0.3 is 9.64 Å². The van der Waals surface area contributed by atoms with E-state index < -0.39 is 6.36 Å². The third-order valence-corrected chi connectivity index (χ3v) is 6.68. The minimum Gasteiger partial charge on any atom is -0.406 e. The van der Waals surface area contributed by atoms with Crippen molar-refractivity contribution in [2.24, 2.45) is 11.8 Å². The average Bonchev–Trinajstić information content (AvgIpc) is 2.93. The molecule has 7 heteroatoms. The Labute approximate surface area is 235 Å². The van der Waals surface area contributed by atoms with Gasteiger partial charge in [-0.25, -0.2) is 0 Å². The van der Waals surface area contributed by atoms with Crippen LogP contribution in [0.25, 0.3) is 0 Å². The summed E-state index contributed by atoms with van der Waals surface area (Å²) in [6.07, 6.45) is 2.22. The van der Waals surface area contributed by atoms with Crippen molar-refractivity contribution in [3.63, 3.8) is 0 Å². The number of piperidine rings is 1. The number of carbonyl (C=O) groups is 1. The van der Waals surface area contributed by atoms with Gasteiger partial charge in [-0.3, -0.25) is 4.79 Å². The molecule has 1 aromatic carbocycles. The lowest BCUT2D eigenvalue weighted by Gasteiger charge is -2.33. The van der Waals surface area contributed by atoms with Crippen molar-refractivity contribution in [3.8, 4) is 5.75 Å². The van der Waals surface area contributed by atoms with Gasteiger partial charge in [0.2, 0.25) is 5.91 Å². The molecule has 1 aliphatic rings. The fraction of sp³-hybridized carbons (Fsp3) is 0.645. The molecule has 0 spiro atoms. The van der Waals surface area contributed by atoms with Crippen LogP contribution in [0, 0.1) is 18.8 Å². The second-order valence-corrected chi connectivity index (χ2v) is 9.20. The molecule has 3 nitrogen and oxygen atoms in total. The largest absolute Gasteiger partial charge is 0.573 e. The molecule has 38 heavy (non-hydrogen) atoms. The first-order valence-electron chi connectivity index (χ1n) is 14.0. The Hall–Kier alpha value is -1.95. The van der Waals surface area contributed by atoms with E-state index in [-0.39, 0.29) is 17.5 Å². The molecular weight excluding hydrogens is 511 g/mol. The molecule has 1 aromatic rings. The maximum atomic E-state index is 11.7. The first kappa shape index (κ1) is 38.2. The summed E-state index contributed by atoms with van der Waals surface area (Å²) in [5.74, 6) is 1.21. The highest BCUT2D eigenvalue weighted by atomic mass is 35.5. The highest BCUT2D eigenvalue weighted by Gasteiger charge is 2.30. The van der Waals surface area contributed by atoms with E-state index in [1.54, 1.807) is 19.1 Å². The number of amides is 1. The van der Waals surface area contributed by atoms with Crippen LogP contribution in [0.5, 0.6) is 5.75 Å². The normalized spacial score (nSPS) is 15.4. The summed E-state index contributed by atoms with van der Waals surface area (Å²) in [7, 11) is 0. The first-order chi connectivity index (χ1) is 17.9. The van der Waals surface area contributed by atoms with Crippen molar-refractivity contribution < 1.29 is 22.7 Å². The molecule has 1 unspecified atom stereocenters. The average molecular weight is 562 g/mol. The van der Waals surface area contributed by atoms with Crippen LogP contribution >= 0.6 is 11.6 Å². The van der Waals surface area contributed by atoms with Crippen LogP contribution < -0.4 is 4.74 Å². The molecule has 1 atom stereocenters. The van der Waals surface area contributed by atoms with E-state index in [0.29, 0.717) is 11.8 Å². The number of hydrogen-bond acceptors (Lipinski definition) is 2. The van der Waals surface area contributed by atoms with Crippen molar-refractivity contribution >= 4 is 17.5 Å². The number of halogens is 4. The lowest BCUT2D eigenvalue weighted by Crippen LogP contribution is -2.39. The first-order valence-corrected chi connectivity index (χ1v) is 14.5. The Kier molecular flexibility index (Phi) is 21.1. The van der Waals surface area contributed by atoms with Gasteiger partial charge in [-0.1, -0.05) is 83.4 Å². The number of rotatable bonds is 7. The van der Waals surface area contributed by atoms with Gasteiger partial charge in [-0.2, -0.15) is 0 Å². The number of aryl methyl sites for hydroxylation is 1. The Morgan fingerprint density at radius 3 is 1.97 bits per heavy atom. The molecule has 2 rings (SSSR count). The number of ether oxygens (including phenoxy) is 1. The van der Waals surface area contributed by atoms with Crippen LogP contribution in [-0.4, -0.2) is 36.1 Å². The van der Waals surface area contributed by atoms with E-state index >= 15 is 0 Å². The number of likely N-dealkylation sites (tertiary alicyclic amines) is 1. The molecule has 0 radical (unpaired) electrons. The standard InChI is InChI=1S/C19H32ClNO.C8H7F3O.2C2H6/c1-6-14(3)16(5)12-18(15(4)7-2)17-8-10-21(11-9-17)19(22)13-20;1-6-2-4-7(5-3-6)12-8(9,10)11;2*1-2/h12,14,17H,6-11,13H2,1-5H3;2-5H,1H3;2*1-2H3/b16-12-,18-15?;;;. The maximum absolute atomic E-state index is 11.7. The number of alkyl halides is 4. The van der Waals surface area contributed by atoms with E-state index in [2.05, 4.69) is 45.4 Å². The SMILES string of the molecule is CC.CC.CCC(C)=C(/C=C(/C)C(C)CC)C1CCN(C(=O)CCl)CC1.Cc1ccc(OC(F)(F)F)cc1. The zero-order valence-electron chi connectivity index (χ0n) is 25.3. The summed E-state index contributed by atoms with van der Waals surface area (Å²) in [5, 5.41) is 0. The van der Waals surface area contributed by atoms with Gasteiger partial charge in [-0.15, -0.1) is 24.8 Å². The molecule has 1 heterocycles. The predicted octanol–water partition coefficient (Wildman–Crippen LogP) is 10.1. The fourth-order valence-electron chi connectivity index (χ4n) is 3.77. The maximum Gasteiger partial charge on any atom is 0.573 e. The van der Waals surface area contributed by atoms with Crippen LogP contribution in [-0.2, 0) is 4.79 Å². The predicted molar refractivity (Wildman–Crippen MR) is 157 cm³/mol. The summed E-state index contributed by atoms with van der Waals surface area (Å²) in [5.41, 5.74) is 5.37.